The van der Waals surface area contributed by atoms with Gasteiger partial charge in [0.2, 0.25) is 0 Å². The van der Waals surface area contributed by atoms with Gasteiger partial charge in [-0.05, 0) is 17.7 Å². The fourth-order valence-electron chi connectivity index (χ4n) is 2.09. The van der Waals surface area contributed by atoms with Crippen LogP contribution in [0.2, 0.25) is 0 Å². The molecule has 0 saturated carbocycles. The van der Waals surface area contributed by atoms with E-state index < -0.39 is 39.7 Å². The summed E-state index contributed by atoms with van der Waals surface area (Å²) in [6, 6.07) is 8.02. The molecule has 0 saturated heterocycles. The van der Waals surface area contributed by atoms with E-state index in [-0.39, 0.29) is 6.54 Å². The van der Waals surface area contributed by atoms with E-state index in [0.29, 0.717) is 17.0 Å². The van der Waals surface area contributed by atoms with E-state index in [2.05, 4.69) is 0 Å². The molecule has 23 heavy (non-hydrogen) atoms. The topological polar surface area (TPSA) is 57.6 Å². The summed E-state index contributed by atoms with van der Waals surface area (Å²) in [6.07, 6.45) is 1.56. The zero-order chi connectivity index (χ0) is 17.1. The number of aromatic hydroxyl groups is 1. The second-order valence-electron chi connectivity index (χ2n) is 5.04. The highest BCUT2D eigenvalue weighted by Crippen LogP contribution is 2.24. The number of hydrogen-bond donors (Lipinski definition) is 1. The Morgan fingerprint density at radius 1 is 1.22 bits per heavy atom. The highest BCUT2D eigenvalue weighted by Gasteiger charge is 2.21. The van der Waals surface area contributed by atoms with Crippen LogP contribution in [0.3, 0.4) is 0 Å². The lowest BCUT2D eigenvalue weighted by Gasteiger charge is -2.18. The first-order valence-corrected chi connectivity index (χ1v) is 8.21. The van der Waals surface area contributed by atoms with Crippen LogP contribution in [-0.2, 0) is 17.3 Å². The van der Waals surface area contributed by atoms with Gasteiger partial charge in [0.15, 0.2) is 0 Å². The molecule has 0 aromatic heterocycles. The van der Waals surface area contributed by atoms with E-state index in [4.69, 9.17) is 0 Å². The van der Waals surface area contributed by atoms with Crippen LogP contribution in [0.5, 0.6) is 5.75 Å². The maximum absolute atomic E-state index is 13.7. The number of phenols is 1. The van der Waals surface area contributed by atoms with Crippen LogP contribution in [-0.4, -0.2) is 33.4 Å². The number of phenolic OH excluding ortho intramolecular Hbond substituents is 1. The molecule has 7 heteroatoms. The molecule has 0 aliphatic rings. The van der Waals surface area contributed by atoms with Gasteiger partial charge in [-0.1, -0.05) is 12.1 Å². The number of nitrogens with zero attached hydrogens (tertiary/aromatic N) is 1. The van der Waals surface area contributed by atoms with Gasteiger partial charge in [0.05, 0.1) is 0 Å². The molecule has 0 radical (unpaired) electrons. The summed E-state index contributed by atoms with van der Waals surface area (Å²) in [6.45, 7) is 0.158. The van der Waals surface area contributed by atoms with Crippen molar-refractivity contribution in [3.63, 3.8) is 0 Å². The Morgan fingerprint density at radius 2 is 1.83 bits per heavy atom. The second-order valence-corrected chi connectivity index (χ2v) is 6.42. The minimum Gasteiger partial charge on any atom is -0.507 e. The van der Waals surface area contributed by atoms with Crippen LogP contribution in [0, 0.1) is 11.6 Å². The Hall–Kier alpha value is -2.28. The van der Waals surface area contributed by atoms with Crippen molar-refractivity contribution in [3.8, 4) is 5.75 Å². The average molecular weight is 339 g/mol. The quantitative estimate of drug-likeness (QED) is 0.932. The fraction of sp³-hybridized carbons (Fsp3) is 0.188. The zero-order valence-corrected chi connectivity index (χ0v) is 13.4. The van der Waals surface area contributed by atoms with Gasteiger partial charge in [0.1, 0.15) is 22.9 Å². The first-order valence-electron chi connectivity index (χ1n) is 6.65. The summed E-state index contributed by atoms with van der Waals surface area (Å²) in [5, 5.41) is 9.59. The Balaban J connectivity index is 2.19. The third kappa shape index (κ3) is 3.92. The normalized spacial score (nSPS) is 12.0. The molecular weight excluding hydrogens is 324 g/mol. The Labute approximate surface area is 134 Å². The minimum atomic E-state index is -1.11. The number of carbonyl (C=O) groups is 1. The van der Waals surface area contributed by atoms with Gasteiger partial charge in [-0.2, -0.15) is 0 Å². The van der Waals surface area contributed by atoms with Gasteiger partial charge in [0, 0.05) is 47.7 Å². The summed E-state index contributed by atoms with van der Waals surface area (Å²) >= 11 is 0. The van der Waals surface area contributed by atoms with Crippen LogP contribution < -0.4 is 0 Å². The molecule has 2 aromatic carbocycles. The molecule has 0 bridgehead atoms. The number of hydrogen-bond acceptors (Lipinski definition) is 3. The van der Waals surface area contributed by atoms with Crippen molar-refractivity contribution in [2.75, 3.05) is 13.3 Å². The maximum atomic E-state index is 13.7. The molecule has 1 N–H and O–H groups in total. The molecule has 4 nitrogen and oxygen atoms in total. The molecule has 0 fully saturated rings. The number of benzene rings is 2. The predicted octanol–water partition coefficient (Wildman–Crippen LogP) is 2.68. The van der Waals surface area contributed by atoms with E-state index in [0.717, 1.165) is 5.56 Å². The summed E-state index contributed by atoms with van der Waals surface area (Å²) in [7, 11) is 0.345. The summed E-state index contributed by atoms with van der Waals surface area (Å²) in [4.78, 5) is 14.1. The predicted molar refractivity (Wildman–Crippen MR) is 82.6 cm³/mol. The van der Waals surface area contributed by atoms with Gasteiger partial charge < -0.3 is 10.0 Å². The monoisotopic (exact) mass is 339 g/mol. The van der Waals surface area contributed by atoms with Crippen molar-refractivity contribution in [2.45, 2.75) is 11.4 Å². The van der Waals surface area contributed by atoms with Crippen LogP contribution in [0.15, 0.2) is 41.3 Å². The number of halogens is 2. The number of rotatable bonds is 4. The lowest BCUT2D eigenvalue weighted by molar-refractivity contribution is 0.0777. The van der Waals surface area contributed by atoms with E-state index in [1.807, 2.05) is 0 Å². The van der Waals surface area contributed by atoms with E-state index >= 15 is 0 Å². The van der Waals surface area contributed by atoms with Crippen LogP contribution in [0.4, 0.5) is 8.78 Å². The van der Waals surface area contributed by atoms with Crippen molar-refractivity contribution >= 4 is 16.7 Å². The molecule has 122 valence electrons. The molecule has 0 spiro atoms. The Bertz CT molecular complexity index is 739. The average Bonchev–Trinajstić information content (AvgIpc) is 2.46. The smallest absolute Gasteiger partial charge is 0.260 e. The van der Waals surface area contributed by atoms with E-state index in [9.17, 15) is 22.9 Å². The van der Waals surface area contributed by atoms with Crippen molar-refractivity contribution in [1.82, 2.24) is 4.90 Å². The molecule has 0 aliphatic heterocycles. The lowest BCUT2D eigenvalue weighted by atomic mass is 10.1. The lowest BCUT2D eigenvalue weighted by Crippen LogP contribution is -2.27. The molecule has 2 aromatic rings. The molecule has 2 rings (SSSR count). The third-order valence-electron chi connectivity index (χ3n) is 3.27. The van der Waals surface area contributed by atoms with Crippen molar-refractivity contribution in [1.29, 1.82) is 0 Å². The standard InChI is InChI=1S/C16H15F2NO3S/c1-19(9-10-3-5-12(6-4-10)23(2)22)16(21)15-13(18)7-11(17)8-14(15)20/h3-8,20H,9H2,1-2H3. The van der Waals surface area contributed by atoms with E-state index in [1.54, 1.807) is 30.5 Å². The van der Waals surface area contributed by atoms with Crippen molar-refractivity contribution in [2.24, 2.45) is 0 Å². The largest absolute Gasteiger partial charge is 0.507 e. The molecule has 1 atom stereocenters. The highest BCUT2D eigenvalue weighted by atomic mass is 32.2. The Kier molecular flexibility index (Phi) is 5.10. The molecular formula is C16H15F2NO3S. The van der Waals surface area contributed by atoms with E-state index in [1.165, 1.54) is 11.9 Å². The van der Waals surface area contributed by atoms with Crippen molar-refractivity contribution < 1.29 is 22.9 Å². The Morgan fingerprint density at radius 3 is 2.35 bits per heavy atom. The first-order chi connectivity index (χ1) is 10.8. The van der Waals surface area contributed by atoms with Gasteiger partial charge in [-0.15, -0.1) is 0 Å². The van der Waals surface area contributed by atoms with Crippen LogP contribution in [0.25, 0.3) is 0 Å². The summed E-state index contributed by atoms with van der Waals surface area (Å²) < 4.78 is 38.0. The summed E-state index contributed by atoms with van der Waals surface area (Å²) in [5.41, 5.74) is 0.178. The second kappa shape index (κ2) is 6.87. The maximum Gasteiger partial charge on any atom is 0.260 e. The first kappa shape index (κ1) is 17.1. The zero-order valence-electron chi connectivity index (χ0n) is 12.5. The molecule has 0 heterocycles. The number of amides is 1. The molecule has 1 unspecified atom stereocenters. The van der Waals surface area contributed by atoms with Gasteiger partial charge >= 0.3 is 0 Å². The minimum absolute atomic E-state index is 0.158. The van der Waals surface area contributed by atoms with Gasteiger partial charge in [0.25, 0.3) is 5.91 Å². The van der Waals surface area contributed by atoms with Crippen LogP contribution >= 0.6 is 0 Å². The van der Waals surface area contributed by atoms with Gasteiger partial charge in [-0.3, -0.25) is 9.00 Å². The highest BCUT2D eigenvalue weighted by molar-refractivity contribution is 7.84. The summed E-state index contributed by atoms with van der Waals surface area (Å²) in [5.74, 6) is -3.57. The van der Waals surface area contributed by atoms with Crippen molar-refractivity contribution in [3.05, 3.63) is 59.2 Å². The number of carbonyl (C=O) groups excluding carboxylic acids is 1. The molecule has 0 aliphatic carbocycles. The molecule has 1 amide bonds. The van der Waals surface area contributed by atoms with Crippen LogP contribution in [0.1, 0.15) is 15.9 Å². The third-order valence-corrected chi connectivity index (χ3v) is 4.21. The fourth-order valence-corrected chi connectivity index (χ4v) is 2.61. The van der Waals surface area contributed by atoms with Gasteiger partial charge in [-0.25, -0.2) is 8.78 Å². The SMILES string of the molecule is CN(Cc1ccc(S(C)=O)cc1)C(=O)c1c(O)cc(F)cc1F.